The largest absolute Gasteiger partial charge is 0.379 e. The van der Waals surface area contributed by atoms with Gasteiger partial charge in [0.15, 0.2) is 0 Å². The fourth-order valence-corrected chi connectivity index (χ4v) is 3.49. The van der Waals surface area contributed by atoms with Crippen LogP contribution < -0.4 is 10.6 Å². The lowest BCUT2D eigenvalue weighted by Crippen LogP contribution is -2.43. The summed E-state index contributed by atoms with van der Waals surface area (Å²) in [6, 6.07) is 17.0. The van der Waals surface area contributed by atoms with Crippen LogP contribution >= 0.6 is 15.9 Å². The van der Waals surface area contributed by atoms with Gasteiger partial charge in [-0.05, 0) is 29.8 Å². The fraction of sp³-hybridized carbons (Fsp3) is 0.364. The Balaban J connectivity index is 1.51. The highest BCUT2D eigenvalue weighted by Crippen LogP contribution is 2.15. The molecule has 1 heterocycles. The maximum Gasteiger partial charge on any atom is 0.251 e. The van der Waals surface area contributed by atoms with Gasteiger partial charge in [-0.15, -0.1) is 0 Å². The van der Waals surface area contributed by atoms with Gasteiger partial charge in [-0.3, -0.25) is 14.5 Å². The molecule has 2 N–H and O–H groups in total. The van der Waals surface area contributed by atoms with Crippen molar-refractivity contribution >= 4 is 27.7 Å². The maximum absolute atomic E-state index is 12.5. The van der Waals surface area contributed by atoms with Crippen molar-refractivity contribution in [2.24, 2.45) is 0 Å². The fourth-order valence-electron chi connectivity index (χ4n) is 3.22. The molecule has 0 spiro atoms. The van der Waals surface area contributed by atoms with E-state index in [9.17, 15) is 9.59 Å². The molecule has 2 aromatic rings. The minimum atomic E-state index is -0.182. The normalized spacial score (nSPS) is 15.5. The molecule has 7 heteroatoms. The van der Waals surface area contributed by atoms with Crippen molar-refractivity contribution in [2.45, 2.75) is 12.5 Å². The Labute approximate surface area is 179 Å². The second kappa shape index (κ2) is 11.1. The average Bonchev–Trinajstić information content (AvgIpc) is 2.75. The van der Waals surface area contributed by atoms with E-state index in [2.05, 4.69) is 31.5 Å². The number of nitrogens with zero attached hydrogens (tertiary/aromatic N) is 1. The summed E-state index contributed by atoms with van der Waals surface area (Å²) >= 11 is 3.35. The second-order valence-corrected chi connectivity index (χ2v) is 7.87. The quantitative estimate of drug-likeness (QED) is 0.636. The van der Waals surface area contributed by atoms with Crippen molar-refractivity contribution in [3.05, 3.63) is 70.2 Å². The van der Waals surface area contributed by atoms with Crippen molar-refractivity contribution in [1.29, 1.82) is 0 Å². The highest BCUT2D eigenvalue weighted by atomic mass is 79.9. The van der Waals surface area contributed by atoms with E-state index in [1.54, 1.807) is 12.1 Å². The van der Waals surface area contributed by atoms with Crippen molar-refractivity contribution in [3.63, 3.8) is 0 Å². The Bertz CT molecular complexity index is 793. The molecular weight excluding hydrogens is 434 g/mol. The highest BCUT2D eigenvalue weighted by Gasteiger charge is 2.20. The minimum Gasteiger partial charge on any atom is -0.379 e. The molecule has 1 aliphatic heterocycles. The summed E-state index contributed by atoms with van der Waals surface area (Å²) in [5.74, 6) is -0.263. The van der Waals surface area contributed by atoms with Crippen molar-refractivity contribution in [1.82, 2.24) is 15.5 Å². The third-order valence-electron chi connectivity index (χ3n) is 4.83. The van der Waals surface area contributed by atoms with Crippen LogP contribution in [0.2, 0.25) is 0 Å². The van der Waals surface area contributed by atoms with Crippen LogP contribution in [-0.4, -0.2) is 56.1 Å². The van der Waals surface area contributed by atoms with Crippen molar-refractivity contribution in [2.75, 3.05) is 39.4 Å². The molecule has 0 bridgehead atoms. The average molecular weight is 460 g/mol. The molecule has 1 saturated heterocycles. The number of benzene rings is 2. The van der Waals surface area contributed by atoms with Crippen LogP contribution in [0.15, 0.2) is 59.1 Å². The van der Waals surface area contributed by atoms with Crippen LogP contribution in [0.4, 0.5) is 0 Å². The van der Waals surface area contributed by atoms with Gasteiger partial charge in [0.05, 0.1) is 19.3 Å². The van der Waals surface area contributed by atoms with Crippen molar-refractivity contribution < 1.29 is 14.3 Å². The van der Waals surface area contributed by atoms with E-state index in [1.807, 2.05) is 42.5 Å². The zero-order valence-corrected chi connectivity index (χ0v) is 17.9. The molecule has 2 aromatic carbocycles. The van der Waals surface area contributed by atoms with Crippen molar-refractivity contribution in [3.8, 4) is 0 Å². The first-order chi connectivity index (χ1) is 14.1. The van der Waals surface area contributed by atoms with Crippen LogP contribution in [0.25, 0.3) is 0 Å². The van der Waals surface area contributed by atoms with Gasteiger partial charge in [-0.1, -0.05) is 46.3 Å². The van der Waals surface area contributed by atoms with Crippen LogP contribution in [0.5, 0.6) is 0 Å². The number of carbonyl (C=O) groups is 2. The zero-order chi connectivity index (χ0) is 20.5. The van der Waals surface area contributed by atoms with E-state index in [-0.39, 0.29) is 24.3 Å². The van der Waals surface area contributed by atoms with Gasteiger partial charge in [0.1, 0.15) is 0 Å². The second-order valence-electron chi connectivity index (χ2n) is 6.96. The Morgan fingerprint density at radius 3 is 2.41 bits per heavy atom. The Morgan fingerprint density at radius 2 is 1.72 bits per heavy atom. The molecule has 0 saturated carbocycles. The number of ether oxygens (including phenoxy) is 1. The predicted molar refractivity (Wildman–Crippen MR) is 116 cm³/mol. The third-order valence-corrected chi connectivity index (χ3v) is 5.35. The van der Waals surface area contributed by atoms with Gasteiger partial charge in [0.25, 0.3) is 5.91 Å². The van der Waals surface area contributed by atoms with Gasteiger partial charge < -0.3 is 15.4 Å². The van der Waals surface area contributed by atoms with E-state index in [0.29, 0.717) is 12.1 Å². The number of halogens is 1. The van der Waals surface area contributed by atoms with E-state index in [1.165, 1.54) is 0 Å². The highest BCUT2D eigenvalue weighted by molar-refractivity contribution is 9.10. The lowest BCUT2D eigenvalue weighted by atomic mass is 10.1. The summed E-state index contributed by atoms with van der Waals surface area (Å²) in [7, 11) is 0. The van der Waals surface area contributed by atoms with Crippen LogP contribution in [0, 0.1) is 0 Å². The predicted octanol–water partition coefficient (Wildman–Crippen LogP) is 2.76. The van der Waals surface area contributed by atoms with Gasteiger partial charge in [-0.25, -0.2) is 0 Å². The summed E-state index contributed by atoms with van der Waals surface area (Å²) in [6.07, 6.45) is 0.231. The zero-order valence-electron chi connectivity index (χ0n) is 16.3. The summed E-state index contributed by atoms with van der Waals surface area (Å²) in [4.78, 5) is 27.0. The first-order valence-electron chi connectivity index (χ1n) is 9.80. The number of nitrogens with one attached hydrogen (secondary N) is 2. The molecule has 0 radical (unpaired) electrons. The van der Waals surface area contributed by atoms with E-state index in [4.69, 9.17) is 4.74 Å². The summed E-state index contributed by atoms with van der Waals surface area (Å²) in [5, 5.41) is 5.92. The number of carbonyl (C=O) groups excluding carboxylic acids is 2. The SMILES string of the molecule is O=C(CCNC(=O)c1ccc(Br)cc1)N[C@@H](CN1CCOCC1)c1ccccc1. The number of rotatable bonds is 8. The monoisotopic (exact) mass is 459 g/mol. The third kappa shape index (κ3) is 6.96. The van der Waals surface area contributed by atoms with Gasteiger partial charge >= 0.3 is 0 Å². The molecule has 3 rings (SSSR count). The first-order valence-corrected chi connectivity index (χ1v) is 10.6. The molecule has 0 aromatic heterocycles. The maximum atomic E-state index is 12.5. The molecule has 1 fully saturated rings. The van der Waals surface area contributed by atoms with Crippen LogP contribution in [0.3, 0.4) is 0 Å². The van der Waals surface area contributed by atoms with E-state index < -0.39 is 0 Å². The molecule has 0 unspecified atom stereocenters. The van der Waals surface area contributed by atoms with Gasteiger partial charge in [0.2, 0.25) is 5.91 Å². The number of amides is 2. The molecule has 1 aliphatic rings. The molecule has 154 valence electrons. The number of morpholine rings is 1. The lowest BCUT2D eigenvalue weighted by molar-refractivity contribution is -0.121. The van der Waals surface area contributed by atoms with Crippen LogP contribution in [-0.2, 0) is 9.53 Å². The van der Waals surface area contributed by atoms with Crippen LogP contribution in [0.1, 0.15) is 28.4 Å². The number of hydrogen-bond acceptors (Lipinski definition) is 4. The Hall–Kier alpha value is -2.22. The lowest BCUT2D eigenvalue weighted by Gasteiger charge is -2.31. The molecule has 1 atom stereocenters. The molecule has 0 aliphatic carbocycles. The molecule has 29 heavy (non-hydrogen) atoms. The standard InChI is InChI=1S/C22H26BrN3O3/c23-19-8-6-18(7-9-19)22(28)24-11-10-21(27)25-20(17-4-2-1-3-5-17)16-26-12-14-29-15-13-26/h1-9,20H,10-16H2,(H,24,28)(H,25,27)/t20-/m0/s1. The van der Waals surface area contributed by atoms with Gasteiger partial charge in [-0.2, -0.15) is 0 Å². The minimum absolute atomic E-state index is 0.0804. The topological polar surface area (TPSA) is 70.7 Å². The summed E-state index contributed by atoms with van der Waals surface area (Å²) in [6.45, 7) is 4.20. The molecule has 2 amide bonds. The summed E-state index contributed by atoms with van der Waals surface area (Å²) < 4.78 is 6.33. The van der Waals surface area contributed by atoms with Gasteiger partial charge in [0, 0.05) is 42.6 Å². The Morgan fingerprint density at radius 1 is 1.03 bits per heavy atom. The number of hydrogen-bond donors (Lipinski definition) is 2. The smallest absolute Gasteiger partial charge is 0.251 e. The summed E-state index contributed by atoms with van der Waals surface area (Å²) in [5.41, 5.74) is 1.65. The molecular formula is C22H26BrN3O3. The molecule has 6 nitrogen and oxygen atoms in total. The van der Waals surface area contributed by atoms with E-state index >= 15 is 0 Å². The van der Waals surface area contributed by atoms with E-state index in [0.717, 1.165) is 42.9 Å². The Kier molecular flexibility index (Phi) is 8.22. The first kappa shape index (κ1) is 21.5.